The van der Waals surface area contributed by atoms with Crippen LogP contribution >= 0.6 is 22.9 Å². The Kier molecular flexibility index (Phi) is 4.89. The summed E-state index contributed by atoms with van der Waals surface area (Å²) in [6.45, 7) is 8.90. The zero-order chi connectivity index (χ0) is 19.1. The van der Waals surface area contributed by atoms with Gasteiger partial charge in [-0.05, 0) is 35.1 Å². The molecular formula is C24H24INO. The number of benzene rings is 3. The van der Waals surface area contributed by atoms with E-state index in [1.165, 1.54) is 27.6 Å². The van der Waals surface area contributed by atoms with Gasteiger partial charge in [0.2, 0.25) is 0 Å². The van der Waals surface area contributed by atoms with Gasteiger partial charge < -0.3 is 4.42 Å². The monoisotopic (exact) mass is 469 g/mol. The molecule has 0 aliphatic rings. The van der Waals surface area contributed by atoms with Crippen LogP contribution in [-0.2, 0) is 0 Å². The highest BCUT2D eigenvalue weighted by atomic mass is 127. The molecule has 3 aromatic carbocycles. The molecule has 0 bridgehead atoms. The van der Waals surface area contributed by atoms with Gasteiger partial charge in [0.05, 0.1) is 34.2 Å². The average Bonchev–Trinajstić information content (AvgIpc) is 3.06. The number of hydrogen-bond acceptors (Lipinski definition) is 2. The fourth-order valence-corrected chi connectivity index (χ4v) is 4.54. The van der Waals surface area contributed by atoms with Crippen molar-refractivity contribution in [3.63, 3.8) is 0 Å². The molecule has 0 radical (unpaired) electrons. The maximum Gasteiger partial charge on any atom is 0.159 e. The Morgan fingerprint density at radius 1 is 0.667 bits per heavy atom. The fraction of sp³-hybridized carbons (Fsp3) is 0.250. The smallest absolute Gasteiger partial charge is 0.159 e. The number of nitrogens with zero attached hydrogens (tertiary/aromatic N) is 1. The predicted molar refractivity (Wildman–Crippen MR) is 124 cm³/mol. The molecule has 0 aliphatic heterocycles. The molecule has 0 amide bonds. The van der Waals surface area contributed by atoms with Crippen molar-refractivity contribution >= 4 is 56.2 Å². The minimum atomic E-state index is 0.426. The molecule has 0 fully saturated rings. The van der Waals surface area contributed by atoms with E-state index in [1.54, 1.807) is 0 Å². The zero-order valence-electron chi connectivity index (χ0n) is 16.2. The van der Waals surface area contributed by atoms with Crippen molar-refractivity contribution < 1.29 is 4.42 Å². The summed E-state index contributed by atoms with van der Waals surface area (Å²) >= 11 is 2.40. The van der Waals surface area contributed by atoms with Crippen LogP contribution in [0.2, 0.25) is 0 Å². The van der Waals surface area contributed by atoms with E-state index in [4.69, 9.17) is 4.42 Å². The Labute approximate surface area is 174 Å². The standard InChI is InChI=1S/C24H24INO/c1-15(2)17-9-5-6-13-21(17)26(25)22-14-8-12-20-19-11-7-10-18(16(3)4)23(19)27-24(20)22/h5-16H,1-4H3. The Hall–Kier alpha value is -2.01. The number of fused-ring (bicyclic) bond motifs is 3. The molecule has 0 N–H and O–H groups in total. The minimum absolute atomic E-state index is 0.426. The molecule has 2 nitrogen and oxygen atoms in total. The van der Waals surface area contributed by atoms with Gasteiger partial charge in [-0.1, -0.05) is 76.2 Å². The third-order valence-electron chi connectivity index (χ3n) is 5.14. The van der Waals surface area contributed by atoms with E-state index in [0.717, 1.165) is 16.9 Å². The molecule has 0 saturated heterocycles. The third kappa shape index (κ3) is 3.12. The molecule has 0 spiro atoms. The minimum Gasteiger partial charge on any atom is -0.454 e. The molecule has 138 valence electrons. The van der Waals surface area contributed by atoms with Crippen molar-refractivity contribution in [1.29, 1.82) is 0 Å². The summed E-state index contributed by atoms with van der Waals surface area (Å²) in [6, 6.07) is 21.5. The zero-order valence-corrected chi connectivity index (χ0v) is 18.3. The highest BCUT2D eigenvalue weighted by molar-refractivity contribution is 14.1. The summed E-state index contributed by atoms with van der Waals surface area (Å²) in [6.07, 6.45) is 0. The second-order valence-electron chi connectivity index (χ2n) is 7.63. The molecule has 0 aliphatic carbocycles. The first kappa shape index (κ1) is 18.4. The SMILES string of the molecule is CC(C)c1ccccc1N(I)c1cccc2c1oc1c(C(C)C)cccc12. The summed E-state index contributed by atoms with van der Waals surface area (Å²) in [4.78, 5) is 0. The lowest BCUT2D eigenvalue weighted by atomic mass is 10.00. The van der Waals surface area contributed by atoms with Crippen molar-refractivity contribution in [3.05, 3.63) is 71.8 Å². The van der Waals surface area contributed by atoms with Crippen molar-refractivity contribution in [2.45, 2.75) is 39.5 Å². The first-order chi connectivity index (χ1) is 13.0. The molecule has 0 atom stereocenters. The van der Waals surface area contributed by atoms with Gasteiger partial charge in [0.25, 0.3) is 0 Å². The van der Waals surface area contributed by atoms with Crippen LogP contribution in [0.5, 0.6) is 0 Å². The lowest BCUT2D eigenvalue weighted by Gasteiger charge is -2.22. The van der Waals surface area contributed by atoms with Crippen LogP contribution in [0.25, 0.3) is 21.9 Å². The number of halogens is 1. The van der Waals surface area contributed by atoms with Gasteiger partial charge in [0.1, 0.15) is 5.58 Å². The summed E-state index contributed by atoms with van der Waals surface area (Å²) in [5, 5.41) is 2.37. The van der Waals surface area contributed by atoms with Gasteiger partial charge in [0.15, 0.2) is 5.58 Å². The second-order valence-corrected chi connectivity index (χ2v) is 8.59. The van der Waals surface area contributed by atoms with Crippen LogP contribution in [0.4, 0.5) is 11.4 Å². The molecule has 3 heteroatoms. The Balaban J connectivity index is 1.96. The summed E-state index contributed by atoms with van der Waals surface area (Å²) in [7, 11) is 0. The van der Waals surface area contributed by atoms with E-state index in [2.05, 4.69) is 114 Å². The van der Waals surface area contributed by atoms with Crippen LogP contribution in [0, 0.1) is 0 Å². The highest BCUT2D eigenvalue weighted by Gasteiger charge is 2.19. The van der Waals surface area contributed by atoms with Crippen molar-refractivity contribution in [1.82, 2.24) is 0 Å². The van der Waals surface area contributed by atoms with Gasteiger partial charge in [-0.25, -0.2) is 0 Å². The first-order valence-electron chi connectivity index (χ1n) is 9.48. The lowest BCUT2D eigenvalue weighted by molar-refractivity contribution is 0.657. The molecule has 27 heavy (non-hydrogen) atoms. The quantitative estimate of drug-likeness (QED) is 0.221. The lowest BCUT2D eigenvalue weighted by Crippen LogP contribution is -2.05. The normalized spacial score (nSPS) is 11.8. The number of hydrogen-bond donors (Lipinski definition) is 0. The molecule has 1 aromatic heterocycles. The maximum atomic E-state index is 6.47. The van der Waals surface area contributed by atoms with Crippen LogP contribution in [0.3, 0.4) is 0 Å². The average molecular weight is 469 g/mol. The summed E-state index contributed by atoms with van der Waals surface area (Å²) in [5.41, 5.74) is 6.86. The Bertz CT molecular complexity index is 1110. The van der Waals surface area contributed by atoms with Gasteiger partial charge in [0, 0.05) is 10.8 Å². The van der Waals surface area contributed by atoms with Gasteiger partial charge in [-0.3, -0.25) is 3.11 Å². The molecule has 0 saturated carbocycles. The number of anilines is 2. The Morgan fingerprint density at radius 2 is 1.22 bits per heavy atom. The van der Waals surface area contributed by atoms with Crippen LogP contribution in [0.1, 0.15) is 50.7 Å². The van der Waals surface area contributed by atoms with Gasteiger partial charge in [-0.15, -0.1) is 0 Å². The largest absolute Gasteiger partial charge is 0.454 e. The second kappa shape index (κ2) is 7.19. The molecule has 0 unspecified atom stereocenters. The third-order valence-corrected chi connectivity index (χ3v) is 6.18. The molecule has 4 rings (SSSR count). The van der Waals surface area contributed by atoms with E-state index >= 15 is 0 Å². The van der Waals surface area contributed by atoms with E-state index in [-0.39, 0.29) is 0 Å². The van der Waals surface area contributed by atoms with Crippen LogP contribution in [0.15, 0.2) is 65.1 Å². The molecule has 4 aromatic rings. The number of furan rings is 1. The van der Waals surface area contributed by atoms with Crippen LogP contribution < -0.4 is 3.11 Å². The predicted octanol–water partition coefficient (Wildman–Crippen LogP) is 8.32. The topological polar surface area (TPSA) is 16.4 Å². The van der Waals surface area contributed by atoms with Crippen molar-refractivity contribution in [2.75, 3.05) is 3.11 Å². The highest BCUT2D eigenvalue weighted by Crippen LogP contribution is 2.43. The fourth-order valence-electron chi connectivity index (χ4n) is 3.72. The Morgan fingerprint density at radius 3 is 1.93 bits per heavy atom. The van der Waals surface area contributed by atoms with E-state index in [9.17, 15) is 0 Å². The van der Waals surface area contributed by atoms with Crippen LogP contribution in [-0.4, -0.2) is 0 Å². The van der Waals surface area contributed by atoms with Crippen molar-refractivity contribution in [2.24, 2.45) is 0 Å². The van der Waals surface area contributed by atoms with Gasteiger partial charge >= 0.3 is 0 Å². The summed E-state index contributed by atoms with van der Waals surface area (Å²) < 4.78 is 8.70. The van der Waals surface area contributed by atoms with E-state index in [1.807, 2.05) is 0 Å². The first-order valence-corrected chi connectivity index (χ1v) is 10.4. The summed E-state index contributed by atoms with van der Waals surface area (Å²) in [5.74, 6) is 0.885. The van der Waals surface area contributed by atoms with E-state index in [0.29, 0.717) is 11.8 Å². The molecule has 1 heterocycles. The molecular weight excluding hydrogens is 445 g/mol. The number of rotatable bonds is 4. The van der Waals surface area contributed by atoms with Gasteiger partial charge in [-0.2, -0.15) is 0 Å². The van der Waals surface area contributed by atoms with E-state index < -0.39 is 0 Å². The number of para-hydroxylation sites is 3. The van der Waals surface area contributed by atoms with Crippen molar-refractivity contribution in [3.8, 4) is 0 Å². The maximum absolute atomic E-state index is 6.47.